The van der Waals surface area contributed by atoms with Crippen LogP contribution in [0.2, 0.25) is 5.02 Å². The minimum Gasteiger partial charge on any atom is -0.339 e. The first kappa shape index (κ1) is 15.6. The molecule has 0 spiro atoms. The molecule has 1 aliphatic rings. The molecule has 2 aromatic carbocycles. The molecule has 0 unspecified atom stereocenters. The van der Waals surface area contributed by atoms with Crippen molar-refractivity contribution in [1.29, 1.82) is 0 Å². The minimum atomic E-state index is -3.76. The molecule has 2 N–H and O–H groups in total. The molecule has 0 amide bonds. The number of amidine groups is 1. The van der Waals surface area contributed by atoms with Crippen molar-refractivity contribution in [2.45, 2.75) is 6.42 Å². The van der Waals surface area contributed by atoms with E-state index in [0.717, 1.165) is 5.56 Å². The summed E-state index contributed by atoms with van der Waals surface area (Å²) in [4.78, 5) is 0. The fourth-order valence-electron chi connectivity index (χ4n) is 2.21. The number of rotatable bonds is 3. The molecule has 0 fully saturated rings. The third kappa shape index (κ3) is 4.34. The average Bonchev–Trinajstić information content (AvgIpc) is 2.46. The van der Waals surface area contributed by atoms with E-state index in [-0.39, 0.29) is 5.84 Å². The van der Waals surface area contributed by atoms with Crippen molar-refractivity contribution in [2.75, 3.05) is 5.32 Å². The number of hydrogen-bond acceptors (Lipinski definition) is 3. The van der Waals surface area contributed by atoms with Crippen molar-refractivity contribution in [1.82, 2.24) is 4.72 Å². The van der Waals surface area contributed by atoms with E-state index in [4.69, 9.17) is 11.6 Å². The highest BCUT2D eigenvalue weighted by atomic mass is 35.5. The molecule has 0 aromatic heterocycles. The molecule has 0 aliphatic carbocycles. The van der Waals surface area contributed by atoms with E-state index in [2.05, 4.69) is 14.4 Å². The Morgan fingerprint density at radius 2 is 1.87 bits per heavy atom. The highest BCUT2D eigenvalue weighted by Crippen LogP contribution is 2.17. The fraction of sp³-hybridized carbons (Fsp3) is 0.0625. The summed E-state index contributed by atoms with van der Waals surface area (Å²) < 4.78 is 30.0. The summed E-state index contributed by atoms with van der Waals surface area (Å²) in [6, 6.07) is 16.6. The second kappa shape index (κ2) is 6.44. The van der Waals surface area contributed by atoms with Crippen LogP contribution in [0.3, 0.4) is 0 Å². The predicted octanol–water partition coefficient (Wildman–Crippen LogP) is 3.13. The zero-order valence-electron chi connectivity index (χ0n) is 12.0. The lowest BCUT2D eigenvalue weighted by molar-refractivity contribution is 0.589. The van der Waals surface area contributed by atoms with E-state index in [0.29, 0.717) is 22.8 Å². The van der Waals surface area contributed by atoms with E-state index in [1.807, 2.05) is 30.3 Å². The van der Waals surface area contributed by atoms with Gasteiger partial charge in [-0.05, 0) is 23.8 Å². The lowest BCUT2D eigenvalue weighted by Crippen LogP contribution is -2.30. The maximum absolute atomic E-state index is 11.9. The minimum absolute atomic E-state index is 0.247. The summed E-state index contributed by atoms with van der Waals surface area (Å²) in [5, 5.41) is 3.52. The van der Waals surface area contributed by atoms with Crippen molar-refractivity contribution in [3.63, 3.8) is 0 Å². The van der Waals surface area contributed by atoms with Gasteiger partial charge in [-0.25, -0.2) is 0 Å². The molecular weight excluding hydrogens is 334 g/mol. The van der Waals surface area contributed by atoms with Crippen molar-refractivity contribution in [3.05, 3.63) is 77.0 Å². The van der Waals surface area contributed by atoms with Gasteiger partial charge in [0.15, 0.2) is 0 Å². The molecule has 0 bridgehead atoms. The van der Waals surface area contributed by atoms with Gasteiger partial charge in [0.1, 0.15) is 5.84 Å². The maximum Gasteiger partial charge on any atom is 0.343 e. The lowest BCUT2D eigenvalue weighted by Gasteiger charge is -2.16. The number of allylic oxidation sites excluding steroid dienone is 1. The van der Waals surface area contributed by atoms with Crippen LogP contribution in [0.15, 0.2) is 70.8 Å². The molecule has 118 valence electrons. The second-order valence-corrected chi connectivity index (χ2v) is 6.79. The fourth-order valence-corrected chi connectivity index (χ4v) is 3.27. The van der Waals surface area contributed by atoms with Crippen LogP contribution < -0.4 is 10.0 Å². The van der Waals surface area contributed by atoms with Gasteiger partial charge in [0.2, 0.25) is 0 Å². The van der Waals surface area contributed by atoms with Crippen LogP contribution >= 0.6 is 11.6 Å². The molecule has 3 rings (SSSR count). The van der Waals surface area contributed by atoms with Crippen molar-refractivity contribution in [2.24, 2.45) is 4.40 Å². The lowest BCUT2D eigenvalue weighted by atomic mass is 10.1. The molecule has 0 atom stereocenters. The molecule has 5 nitrogen and oxygen atoms in total. The Morgan fingerprint density at radius 1 is 1.09 bits per heavy atom. The van der Waals surface area contributed by atoms with Gasteiger partial charge in [0, 0.05) is 28.9 Å². The van der Waals surface area contributed by atoms with E-state index >= 15 is 0 Å². The molecule has 1 heterocycles. The van der Waals surface area contributed by atoms with Crippen LogP contribution in [0.5, 0.6) is 0 Å². The second-order valence-electron chi connectivity index (χ2n) is 5.02. The van der Waals surface area contributed by atoms with Crippen LogP contribution in [0.25, 0.3) is 0 Å². The number of hydrogen-bond donors (Lipinski definition) is 2. The van der Waals surface area contributed by atoms with Gasteiger partial charge in [0.05, 0.1) is 0 Å². The quantitative estimate of drug-likeness (QED) is 0.896. The standard InChI is InChI=1S/C16H14ClN3O2S/c17-13-7-4-8-14(10-13)18-16-11-15(19-23(21,22)20-16)9-12-5-2-1-3-6-12/h1-8,10-11,19H,9H2,(H,18,20). The number of anilines is 1. The first-order chi connectivity index (χ1) is 11.0. The van der Waals surface area contributed by atoms with Gasteiger partial charge in [-0.1, -0.05) is 48.0 Å². The van der Waals surface area contributed by atoms with Gasteiger partial charge in [0.25, 0.3) is 0 Å². The Hall–Kier alpha value is -2.31. The van der Waals surface area contributed by atoms with Crippen molar-refractivity contribution in [3.8, 4) is 0 Å². The summed E-state index contributed by atoms with van der Waals surface area (Å²) in [5.41, 5.74) is 2.23. The summed E-state index contributed by atoms with van der Waals surface area (Å²) in [7, 11) is -3.76. The Bertz CT molecular complexity index is 877. The van der Waals surface area contributed by atoms with Crippen LogP contribution in [-0.4, -0.2) is 14.3 Å². The van der Waals surface area contributed by atoms with Crippen molar-refractivity contribution < 1.29 is 8.42 Å². The maximum atomic E-state index is 11.9. The highest BCUT2D eigenvalue weighted by molar-refractivity contribution is 7.88. The normalized spacial score (nSPS) is 16.0. The summed E-state index contributed by atoms with van der Waals surface area (Å²) >= 11 is 5.93. The predicted molar refractivity (Wildman–Crippen MR) is 92.8 cm³/mol. The Balaban J connectivity index is 1.85. The van der Waals surface area contributed by atoms with E-state index in [9.17, 15) is 8.42 Å². The number of nitrogens with zero attached hydrogens (tertiary/aromatic N) is 1. The smallest absolute Gasteiger partial charge is 0.339 e. The third-order valence-electron chi connectivity index (χ3n) is 3.12. The highest BCUT2D eigenvalue weighted by Gasteiger charge is 2.18. The van der Waals surface area contributed by atoms with E-state index in [1.54, 1.807) is 30.3 Å². The zero-order valence-corrected chi connectivity index (χ0v) is 13.6. The van der Waals surface area contributed by atoms with E-state index < -0.39 is 10.2 Å². The third-order valence-corrected chi connectivity index (χ3v) is 4.32. The van der Waals surface area contributed by atoms with Gasteiger partial charge < -0.3 is 5.32 Å². The summed E-state index contributed by atoms with van der Waals surface area (Å²) in [6.45, 7) is 0. The molecule has 0 saturated carbocycles. The van der Waals surface area contributed by atoms with Gasteiger partial charge in [-0.3, -0.25) is 4.72 Å². The number of benzene rings is 2. The molecule has 7 heteroatoms. The average molecular weight is 348 g/mol. The largest absolute Gasteiger partial charge is 0.343 e. The molecule has 0 saturated heterocycles. The first-order valence-electron chi connectivity index (χ1n) is 6.90. The molecule has 1 aliphatic heterocycles. The molecule has 2 aromatic rings. The number of halogens is 1. The summed E-state index contributed by atoms with van der Waals surface area (Å²) in [5.74, 6) is 0.247. The first-order valence-corrected chi connectivity index (χ1v) is 8.72. The van der Waals surface area contributed by atoms with Gasteiger partial charge in [-0.2, -0.15) is 8.42 Å². The van der Waals surface area contributed by atoms with Crippen molar-refractivity contribution >= 4 is 33.3 Å². The Kier molecular flexibility index (Phi) is 4.36. The van der Waals surface area contributed by atoms with Crippen LogP contribution in [0, 0.1) is 0 Å². The topological polar surface area (TPSA) is 70.6 Å². The van der Waals surface area contributed by atoms with Gasteiger partial charge in [-0.15, -0.1) is 4.40 Å². The monoisotopic (exact) mass is 347 g/mol. The molecular formula is C16H14ClN3O2S. The molecule has 0 radical (unpaired) electrons. The summed E-state index contributed by atoms with van der Waals surface area (Å²) in [6.07, 6.45) is 2.14. The Morgan fingerprint density at radius 3 is 2.61 bits per heavy atom. The van der Waals surface area contributed by atoms with Crippen LogP contribution in [0.4, 0.5) is 5.69 Å². The van der Waals surface area contributed by atoms with Gasteiger partial charge >= 0.3 is 10.2 Å². The number of nitrogens with one attached hydrogen (secondary N) is 2. The Labute approximate surface area is 139 Å². The SMILES string of the molecule is O=S1(=O)N=C(Nc2cccc(Cl)c2)C=C(Cc2ccccc2)N1. The molecule has 23 heavy (non-hydrogen) atoms. The van der Waals surface area contributed by atoms with Crippen LogP contribution in [-0.2, 0) is 16.6 Å². The van der Waals surface area contributed by atoms with E-state index in [1.165, 1.54) is 0 Å². The zero-order chi connectivity index (χ0) is 16.3. The van der Waals surface area contributed by atoms with Crippen LogP contribution in [0.1, 0.15) is 5.56 Å².